The smallest absolute Gasteiger partial charge is 0.207 e. The molecule has 0 heterocycles. The van der Waals surface area contributed by atoms with Crippen LogP contribution in [0.2, 0.25) is 0 Å². The molecule has 0 unspecified atom stereocenters. The molecule has 0 N–H and O–H groups in total. The Morgan fingerprint density at radius 1 is 0.720 bits per heavy atom. The zero-order valence-electron chi connectivity index (χ0n) is 16.5. The molecule has 1 aromatic rings. The molecule has 3 nitrogen and oxygen atoms in total. The quantitative estimate of drug-likeness (QED) is 0.382. The summed E-state index contributed by atoms with van der Waals surface area (Å²) in [5, 5.41) is 0. The van der Waals surface area contributed by atoms with Crippen LogP contribution in [0.3, 0.4) is 0 Å². The maximum absolute atomic E-state index is 13.0. The second-order valence-corrected chi connectivity index (χ2v) is 8.98. The molecule has 0 saturated carbocycles. The van der Waals surface area contributed by atoms with Crippen LogP contribution in [0.1, 0.15) is 83.6 Å². The largest absolute Gasteiger partial charge is 0.243 e. The van der Waals surface area contributed by atoms with E-state index in [0.29, 0.717) is 18.0 Å². The van der Waals surface area contributed by atoms with Crippen molar-refractivity contribution < 1.29 is 8.42 Å². The van der Waals surface area contributed by atoms with Crippen molar-refractivity contribution in [3.05, 3.63) is 29.8 Å². The molecule has 0 radical (unpaired) electrons. The lowest BCUT2D eigenvalue weighted by Gasteiger charge is -2.22. The summed E-state index contributed by atoms with van der Waals surface area (Å²) in [7, 11) is -3.37. The average molecular weight is 368 g/mol. The number of hydrogen-bond donors (Lipinski definition) is 0. The highest BCUT2D eigenvalue weighted by Gasteiger charge is 2.23. The summed E-state index contributed by atoms with van der Waals surface area (Å²) in [6.07, 6.45) is 11.4. The van der Waals surface area contributed by atoms with Gasteiger partial charge in [-0.25, -0.2) is 8.42 Å². The molecule has 0 aromatic heterocycles. The normalized spacial score (nSPS) is 12.0. The molecule has 144 valence electrons. The summed E-state index contributed by atoms with van der Waals surface area (Å²) >= 11 is 0. The van der Waals surface area contributed by atoms with Gasteiger partial charge in [0.1, 0.15) is 0 Å². The molecule has 25 heavy (non-hydrogen) atoms. The SMILES string of the molecule is CCCCCCCN(CCCCCCC)S(=O)(=O)c1ccc(C)cc1. The molecule has 0 amide bonds. The summed E-state index contributed by atoms with van der Waals surface area (Å²) in [6.45, 7) is 7.67. The molecule has 1 aromatic carbocycles. The minimum absolute atomic E-state index is 0.431. The Morgan fingerprint density at radius 2 is 1.16 bits per heavy atom. The first-order chi connectivity index (χ1) is 12.0. The number of aryl methyl sites for hydroxylation is 1. The van der Waals surface area contributed by atoms with E-state index in [1.54, 1.807) is 16.4 Å². The van der Waals surface area contributed by atoms with Crippen molar-refractivity contribution in [3.63, 3.8) is 0 Å². The molecule has 0 spiro atoms. The van der Waals surface area contributed by atoms with Crippen molar-refractivity contribution in [1.29, 1.82) is 0 Å². The predicted molar refractivity (Wildman–Crippen MR) is 107 cm³/mol. The van der Waals surface area contributed by atoms with Crippen LogP contribution in [0.4, 0.5) is 0 Å². The van der Waals surface area contributed by atoms with E-state index in [9.17, 15) is 8.42 Å². The molecule has 0 aliphatic heterocycles. The van der Waals surface area contributed by atoms with Crippen LogP contribution in [0.15, 0.2) is 29.2 Å². The number of rotatable bonds is 14. The first-order valence-electron chi connectivity index (χ1n) is 10.1. The Morgan fingerprint density at radius 3 is 1.60 bits per heavy atom. The minimum Gasteiger partial charge on any atom is -0.207 e. The third kappa shape index (κ3) is 8.37. The standard InChI is InChI=1S/C21H37NO2S/c1-4-6-8-10-12-18-22(19-13-11-9-7-5-2)25(23,24)21-16-14-20(3)15-17-21/h14-17H,4-13,18-19H2,1-3H3. The zero-order chi connectivity index (χ0) is 18.5. The van der Waals surface area contributed by atoms with Gasteiger partial charge < -0.3 is 0 Å². The summed E-state index contributed by atoms with van der Waals surface area (Å²) in [5.41, 5.74) is 1.09. The average Bonchev–Trinajstić information content (AvgIpc) is 2.59. The van der Waals surface area contributed by atoms with Crippen molar-refractivity contribution in [2.75, 3.05) is 13.1 Å². The van der Waals surface area contributed by atoms with Crippen LogP contribution < -0.4 is 0 Å². The van der Waals surface area contributed by atoms with Gasteiger partial charge in [-0.2, -0.15) is 4.31 Å². The maximum Gasteiger partial charge on any atom is 0.243 e. The lowest BCUT2D eigenvalue weighted by atomic mass is 10.1. The highest BCUT2D eigenvalue weighted by molar-refractivity contribution is 7.89. The van der Waals surface area contributed by atoms with E-state index in [1.807, 2.05) is 19.1 Å². The van der Waals surface area contributed by atoms with Crippen LogP contribution in [0.5, 0.6) is 0 Å². The predicted octanol–water partition coefficient (Wildman–Crippen LogP) is 5.93. The van der Waals surface area contributed by atoms with Gasteiger partial charge in [0.25, 0.3) is 0 Å². The Bertz CT molecular complexity index is 538. The van der Waals surface area contributed by atoms with Gasteiger partial charge in [0.15, 0.2) is 0 Å². The van der Waals surface area contributed by atoms with Crippen molar-refractivity contribution in [3.8, 4) is 0 Å². The molecule has 0 aliphatic carbocycles. The maximum atomic E-state index is 13.0. The van der Waals surface area contributed by atoms with Crippen molar-refractivity contribution >= 4 is 10.0 Å². The van der Waals surface area contributed by atoms with Crippen LogP contribution in [0, 0.1) is 6.92 Å². The third-order valence-electron chi connectivity index (χ3n) is 4.68. The van der Waals surface area contributed by atoms with Crippen LogP contribution in [-0.2, 0) is 10.0 Å². The van der Waals surface area contributed by atoms with Crippen LogP contribution >= 0.6 is 0 Å². The molecular weight excluding hydrogens is 330 g/mol. The van der Waals surface area contributed by atoms with Gasteiger partial charge in [-0.3, -0.25) is 0 Å². The summed E-state index contributed by atoms with van der Waals surface area (Å²) in [5.74, 6) is 0. The van der Waals surface area contributed by atoms with E-state index in [0.717, 1.165) is 31.2 Å². The minimum atomic E-state index is -3.37. The molecule has 4 heteroatoms. The second kappa shape index (κ2) is 12.5. The fourth-order valence-corrected chi connectivity index (χ4v) is 4.51. The highest BCUT2D eigenvalue weighted by atomic mass is 32.2. The van der Waals surface area contributed by atoms with E-state index in [1.165, 1.54) is 38.5 Å². The summed E-state index contributed by atoms with van der Waals surface area (Å²) in [6, 6.07) is 7.25. The van der Waals surface area contributed by atoms with Gasteiger partial charge in [0, 0.05) is 13.1 Å². The molecule has 0 bridgehead atoms. The lowest BCUT2D eigenvalue weighted by molar-refractivity contribution is 0.384. The molecule has 0 atom stereocenters. The number of unbranched alkanes of at least 4 members (excludes halogenated alkanes) is 8. The van der Waals surface area contributed by atoms with Crippen molar-refractivity contribution in [2.45, 2.75) is 89.9 Å². The van der Waals surface area contributed by atoms with Gasteiger partial charge >= 0.3 is 0 Å². The lowest BCUT2D eigenvalue weighted by Crippen LogP contribution is -2.33. The van der Waals surface area contributed by atoms with Crippen LogP contribution in [-0.4, -0.2) is 25.8 Å². The first kappa shape index (κ1) is 22.2. The first-order valence-corrected chi connectivity index (χ1v) is 11.5. The third-order valence-corrected chi connectivity index (χ3v) is 6.59. The molecule has 1 rings (SSSR count). The fourth-order valence-electron chi connectivity index (χ4n) is 2.99. The fraction of sp³-hybridized carbons (Fsp3) is 0.714. The summed E-state index contributed by atoms with van der Waals surface area (Å²) < 4.78 is 27.7. The molecule has 0 aliphatic rings. The number of nitrogens with zero attached hydrogens (tertiary/aromatic N) is 1. The van der Waals surface area contributed by atoms with Gasteiger partial charge in [-0.05, 0) is 31.9 Å². The summed E-state index contributed by atoms with van der Waals surface area (Å²) in [4.78, 5) is 0.431. The van der Waals surface area contributed by atoms with Crippen molar-refractivity contribution in [1.82, 2.24) is 4.31 Å². The van der Waals surface area contributed by atoms with E-state index in [2.05, 4.69) is 13.8 Å². The Kier molecular flexibility index (Phi) is 11.1. The second-order valence-electron chi connectivity index (χ2n) is 7.05. The monoisotopic (exact) mass is 367 g/mol. The molecular formula is C21H37NO2S. The van der Waals surface area contributed by atoms with Gasteiger partial charge in [0.2, 0.25) is 10.0 Å². The molecule has 0 fully saturated rings. The number of benzene rings is 1. The van der Waals surface area contributed by atoms with Crippen LogP contribution in [0.25, 0.3) is 0 Å². The van der Waals surface area contributed by atoms with Gasteiger partial charge in [-0.15, -0.1) is 0 Å². The Hall–Kier alpha value is -0.870. The van der Waals surface area contributed by atoms with E-state index in [-0.39, 0.29) is 0 Å². The van der Waals surface area contributed by atoms with E-state index in [4.69, 9.17) is 0 Å². The zero-order valence-corrected chi connectivity index (χ0v) is 17.3. The van der Waals surface area contributed by atoms with E-state index >= 15 is 0 Å². The van der Waals surface area contributed by atoms with E-state index < -0.39 is 10.0 Å². The van der Waals surface area contributed by atoms with Crippen molar-refractivity contribution in [2.24, 2.45) is 0 Å². The highest BCUT2D eigenvalue weighted by Crippen LogP contribution is 2.19. The number of hydrogen-bond acceptors (Lipinski definition) is 2. The topological polar surface area (TPSA) is 37.4 Å². The number of sulfonamides is 1. The molecule has 0 saturated heterocycles. The van der Waals surface area contributed by atoms with Gasteiger partial charge in [-0.1, -0.05) is 82.9 Å². The Labute approximate surface area is 155 Å². The van der Waals surface area contributed by atoms with Gasteiger partial charge in [0.05, 0.1) is 4.90 Å². The Balaban J connectivity index is 2.68.